The zero-order valence-corrected chi connectivity index (χ0v) is 20.3. The van der Waals surface area contributed by atoms with E-state index >= 15 is 0 Å². The highest BCUT2D eigenvalue weighted by Crippen LogP contribution is 2.29. The van der Waals surface area contributed by atoms with Crippen molar-refractivity contribution in [3.8, 4) is 5.75 Å². The van der Waals surface area contributed by atoms with E-state index in [1.54, 1.807) is 54.6 Å². The van der Waals surface area contributed by atoms with Gasteiger partial charge in [-0.1, -0.05) is 44.2 Å². The lowest BCUT2D eigenvalue weighted by atomic mass is 9.98. The van der Waals surface area contributed by atoms with Gasteiger partial charge in [0.25, 0.3) is 11.8 Å². The monoisotopic (exact) mass is 487 g/mol. The molecule has 1 aromatic heterocycles. The fraction of sp³-hybridized carbons (Fsp3) is 0.222. The summed E-state index contributed by atoms with van der Waals surface area (Å²) < 4.78 is 5.44. The van der Waals surface area contributed by atoms with Crippen molar-refractivity contribution < 1.29 is 19.4 Å². The molecule has 2 unspecified atom stereocenters. The number of methoxy groups -OCH3 is 1. The third-order valence-electron chi connectivity index (χ3n) is 5.95. The van der Waals surface area contributed by atoms with Crippen molar-refractivity contribution in [1.29, 1.82) is 0 Å². The quantitative estimate of drug-likeness (QED) is 0.256. The number of carbonyl (C=O) groups is 2. The molecule has 0 bridgehead atoms. The van der Waals surface area contributed by atoms with E-state index in [1.165, 1.54) is 7.11 Å². The van der Waals surface area contributed by atoms with E-state index in [0.717, 1.165) is 5.56 Å². The van der Waals surface area contributed by atoms with E-state index in [1.807, 2.05) is 12.1 Å². The number of nitrogens with zero attached hydrogens (tertiary/aromatic N) is 1. The molecule has 0 aliphatic rings. The molecule has 0 saturated carbocycles. The summed E-state index contributed by atoms with van der Waals surface area (Å²) in [5, 5.41) is 16.6. The van der Waals surface area contributed by atoms with Crippen LogP contribution in [0.15, 0.2) is 66.7 Å². The largest absolute Gasteiger partial charge is 0.496 e. The number of fused-ring (bicyclic) bond motifs is 1. The van der Waals surface area contributed by atoms with Crippen LogP contribution in [-0.4, -0.2) is 40.1 Å². The van der Waals surface area contributed by atoms with Crippen LogP contribution in [0.5, 0.6) is 5.75 Å². The van der Waals surface area contributed by atoms with E-state index in [4.69, 9.17) is 10.5 Å². The zero-order valence-electron chi connectivity index (χ0n) is 20.3. The first-order valence-electron chi connectivity index (χ1n) is 11.5. The Morgan fingerprint density at radius 1 is 1.06 bits per heavy atom. The second kappa shape index (κ2) is 10.5. The summed E-state index contributed by atoms with van der Waals surface area (Å²) in [6.07, 6.45) is -1.62. The van der Waals surface area contributed by atoms with Crippen molar-refractivity contribution in [2.24, 2.45) is 0 Å². The number of amides is 2. The first kappa shape index (κ1) is 24.7. The molecule has 186 valence electrons. The van der Waals surface area contributed by atoms with Gasteiger partial charge in [0, 0.05) is 16.8 Å². The molecule has 0 aliphatic heterocycles. The second-order valence-electron chi connectivity index (χ2n) is 8.76. The van der Waals surface area contributed by atoms with Gasteiger partial charge in [0.15, 0.2) is 12.1 Å². The predicted octanol–water partition coefficient (Wildman–Crippen LogP) is 3.75. The predicted molar refractivity (Wildman–Crippen MR) is 139 cm³/mol. The van der Waals surface area contributed by atoms with Crippen LogP contribution in [0.2, 0.25) is 0 Å². The van der Waals surface area contributed by atoms with Crippen LogP contribution >= 0.6 is 0 Å². The highest BCUT2D eigenvalue weighted by atomic mass is 16.5. The molecule has 36 heavy (non-hydrogen) atoms. The maximum atomic E-state index is 13.1. The molecule has 3 aromatic carbocycles. The zero-order chi connectivity index (χ0) is 25.8. The van der Waals surface area contributed by atoms with E-state index in [9.17, 15) is 14.7 Å². The number of nitrogen functional groups attached to an aromatic ring is 1. The van der Waals surface area contributed by atoms with Gasteiger partial charge in [0.2, 0.25) is 0 Å². The Balaban J connectivity index is 1.60. The molecule has 2 amide bonds. The highest BCUT2D eigenvalue weighted by molar-refractivity contribution is 5.98. The lowest BCUT2D eigenvalue weighted by molar-refractivity contribution is -0.125. The van der Waals surface area contributed by atoms with Gasteiger partial charge in [-0.25, -0.2) is 4.98 Å². The fourth-order valence-electron chi connectivity index (χ4n) is 3.96. The molecule has 4 aromatic rings. The maximum absolute atomic E-state index is 13.1. The number of aliphatic hydroxyl groups excluding tert-OH is 1. The average Bonchev–Trinajstić information content (AvgIpc) is 3.26. The molecule has 0 radical (unpaired) electrons. The minimum atomic E-state index is -1.62. The number of hydrogen-bond acceptors (Lipinski definition) is 6. The number of benzene rings is 3. The van der Waals surface area contributed by atoms with Gasteiger partial charge < -0.3 is 31.2 Å². The van der Waals surface area contributed by atoms with Crippen LogP contribution < -0.4 is 21.1 Å². The molecule has 0 saturated heterocycles. The van der Waals surface area contributed by atoms with Crippen molar-refractivity contribution in [2.75, 3.05) is 18.2 Å². The van der Waals surface area contributed by atoms with Crippen LogP contribution in [0, 0.1) is 0 Å². The molecule has 0 fully saturated rings. The summed E-state index contributed by atoms with van der Waals surface area (Å²) in [6, 6.07) is 18.1. The number of nitrogens with one attached hydrogen (secondary N) is 3. The number of aliphatic hydroxyl groups is 1. The molecule has 9 nitrogen and oxygen atoms in total. The van der Waals surface area contributed by atoms with Gasteiger partial charge in [-0.3, -0.25) is 9.59 Å². The van der Waals surface area contributed by atoms with Crippen molar-refractivity contribution in [2.45, 2.75) is 31.9 Å². The Bertz CT molecular complexity index is 1380. The maximum Gasteiger partial charge on any atom is 0.255 e. The average molecular weight is 488 g/mol. The van der Waals surface area contributed by atoms with Gasteiger partial charge in [0.1, 0.15) is 5.75 Å². The number of para-hydroxylation sites is 1. The molecule has 6 N–H and O–H groups in total. The number of hydrogen-bond donors (Lipinski definition) is 5. The Labute approximate surface area is 208 Å². The Morgan fingerprint density at radius 3 is 2.47 bits per heavy atom. The first-order valence-corrected chi connectivity index (χ1v) is 11.5. The molecular weight excluding hydrogens is 458 g/mol. The van der Waals surface area contributed by atoms with Gasteiger partial charge in [-0.2, -0.15) is 0 Å². The number of aromatic nitrogens is 2. The lowest BCUT2D eigenvalue weighted by Gasteiger charge is -2.25. The van der Waals surface area contributed by atoms with E-state index in [0.29, 0.717) is 39.5 Å². The van der Waals surface area contributed by atoms with Crippen LogP contribution in [0.1, 0.15) is 47.3 Å². The number of carbonyl (C=O) groups excluding carboxylic acids is 2. The van der Waals surface area contributed by atoms with Gasteiger partial charge in [-0.05, 0) is 47.9 Å². The Hall–Kier alpha value is -4.37. The van der Waals surface area contributed by atoms with Gasteiger partial charge >= 0.3 is 0 Å². The van der Waals surface area contributed by atoms with Crippen LogP contribution in [0.4, 0.5) is 11.6 Å². The number of aromatic amines is 1. The van der Waals surface area contributed by atoms with Crippen LogP contribution in [0.3, 0.4) is 0 Å². The molecule has 4 rings (SSSR count). The van der Waals surface area contributed by atoms with Crippen molar-refractivity contribution in [3.05, 3.63) is 83.4 Å². The summed E-state index contributed by atoms with van der Waals surface area (Å²) in [4.78, 5) is 33.3. The van der Waals surface area contributed by atoms with E-state index in [-0.39, 0.29) is 5.95 Å². The van der Waals surface area contributed by atoms with Crippen molar-refractivity contribution >= 4 is 34.5 Å². The summed E-state index contributed by atoms with van der Waals surface area (Å²) in [5.41, 5.74) is 9.38. The van der Waals surface area contributed by atoms with Crippen LogP contribution in [-0.2, 0) is 4.79 Å². The SMILES string of the molecule is COc1ccccc1C(NC(=O)c1ccc(C(C)C)cc1)C(O)C(=O)Nc1ccc2[nH]c(N)nc2c1. The smallest absolute Gasteiger partial charge is 0.255 e. The third kappa shape index (κ3) is 5.31. The van der Waals surface area contributed by atoms with E-state index < -0.39 is 24.0 Å². The summed E-state index contributed by atoms with van der Waals surface area (Å²) >= 11 is 0. The Morgan fingerprint density at radius 2 is 1.78 bits per heavy atom. The summed E-state index contributed by atoms with van der Waals surface area (Å²) in [6.45, 7) is 4.14. The minimum Gasteiger partial charge on any atom is -0.496 e. The molecule has 0 spiro atoms. The second-order valence-corrected chi connectivity index (χ2v) is 8.76. The molecular formula is C27H29N5O4. The lowest BCUT2D eigenvalue weighted by Crippen LogP contribution is -2.42. The Kier molecular flexibility index (Phi) is 7.21. The van der Waals surface area contributed by atoms with E-state index in [2.05, 4.69) is 34.4 Å². The first-order chi connectivity index (χ1) is 17.3. The number of anilines is 2. The third-order valence-corrected chi connectivity index (χ3v) is 5.95. The molecule has 0 aliphatic carbocycles. The standard InChI is InChI=1S/C27H29N5O4/c1-15(2)16-8-10-17(11-9-16)25(34)32-23(19-6-4-5-7-22(19)36-3)24(33)26(35)29-18-12-13-20-21(14-18)31-27(28)30-20/h4-15,23-24,33H,1-3H3,(H,29,35)(H,32,34)(H3,28,30,31). The fourth-order valence-corrected chi connectivity index (χ4v) is 3.96. The van der Waals surface area contributed by atoms with Crippen molar-refractivity contribution in [1.82, 2.24) is 15.3 Å². The number of rotatable bonds is 8. The molecule has 9 heteroatoms. The highest BCUT2D eigenvalue weighted by Gasteiger charge is 2.31. The van der Waals surface area contributed by atoms with Crippen LogP contribution in [0.25, 0.3) is 11.0 Å². The summed E-state index contributed by atoms with van der Waals surface area (Å²) in [5.74, 6) is -0.121. The molecule has 2 atom stereocenters. The summed E-state index contributed by atoms with van der Waals surface area (Å²) in [7, 11) is 1.49. The number of H-pyrrole nitrogens is 1. The van der Waals surface area contributed by atoms with Gasteiger partial charge in [0.05, 0.1) is 24.2 Å². The number of nitrogens with two attached hydrogens (primary N) is 1. The number of imidazole rings is 1. The topological polar surface area (TPSA) is 142 Å². The number of ether oxygens (including phenoxy) is 1. The molecule has 1 heterocycles. The minimum absolute atomic E-state index is 0.258. The van der Waals surface area contributed by atoms with Gasteiger partial charge in [-0.15, -0.1) is 0 Å². The van der Waals surface area contributed by atoms with Crippen molar-refractivity contribution in [3.63, 3.8) is 0 Å². The normalized spacial score (nSPS) is 12.8.